The van der Waals surface area contributed by atoms with Crippen molar-refractivity contribution in [2.24, 2.45) is 0 Å². The van der Waals surface area contributed by atoms with Gasteiger partial charge < -0.3 is 5.32 Å². The van der Waals surface area contributed by atoms with Crippen LogP contribution < -0.4 is 5.32 Å². The average Bonchev–Trinajstić information content (AvgIpc) is 2.65. The molecule has 0 fully saturated rings. The first-order chi connectivity index (χ1) is 6.65. The van der Waals surface area contributed by atoms with Gasteiger partial charge in [-0.15, -0.1) is 11.3 Å². The van der Waals surface area contributed by atoms with Crippen LogP contribution in [0.4, 0.5) is 0 Å². The molecule has 1 unspecified atom stereocenters. The van der Waals surface area contributed by atoms with Gasteiger partial charge in [-0.05, 0) is 11.4 Å². The lowest BCUT2D eigenvalue weighted by Gasteiger charge is -2.13. The number of hydrogen-bond donors (Lipinski definition) is 1. The summed E-state index contributed by atoms with van der Waals surface area (Å²) in [7, 11) is 0. The van der Waals surface area contributed by atoms with Crippen LogP contribution in [0.1, 0.15) is 17.8 Å². The largest absolute Gasteiger partial charge is 0.342 e. The van der Waals surface area contributed by atoms with E-state index in [1.807, 2.05) is 17.5 Å². The van der Waals surface area contributed by atoms with Gasteiger partial charge in [0.05, 0.1) is 5.33 Å². The topological polar surface area (TPSA) is 46.2 Å². The number of carbonyl (C=O) groups is 2. The van der Waals surface area contributed by atoms with E-state index in [-0.39, 0.29) is 17.0 Å². The molecule has 14 heavy (non-hydrogen) atoms. The fraction of sp³-hybridized carbons (Fsp3) is 0.333. The molecule has 0 radical (unpaired) electrons. The first-order valence-corrected chi connectivity index (χ1v) is 6.04. The second-order valence-corrected chi connectivity index (χ2v) is 4.29. The van der Waals surface area contributed by atoms with Crippen LogP contribution in [0, 0.1) is 0 Å². The van der Waals surface area contributed by atoms with Gasteiger partial charge >= 0.3 is 0 Å². The molecule has 0 aliphatic heterocycles. The summed E-state index contributed by atoms with van der Waals surface area (Å²) in [6.07, 6.45) is 0. The molecule has 3 nitrogen and oxygen atoms in total. The van der Waals surface area contributed by atoms with Gasteiger partial charge in [0.25, 0.3) is 0 Å². The summed E-state index contributed by atoms with van der Waals surface area (Å²) in [5, 5.41) is 4.75. The first kappa shape index (κ1) is 11.4. The number of carbonyl (C=O) groups excluding carboxylic acids is 2. The van der Waals surface area contributed by atoms with Crippen molar-refractivity contribution in [2.75, 3.05) is 5.33 Å². The third-order valence-corrected chi connectivity index (χ3v) is 3.12. The lowest BCUT2D eigenvalue weighted by atomic mass is 10.1. The van der Waals surface area contributed by atoms with E-state index in [4.69, 9.17) is 0 Å². The summed E-state index contributed by atoms with van der Waals surface area (Å²) in [5.41, 5.74) is 0. The molecular weight excluding hydrogens is 266 g/mol. The Morgan fingerprint density at radius 3 is 2.79 bits per heavy atom. The molecule has 0 saturated carbocycles. The average molecular weight is 276 g/mol. The smallest absolute Gasteiger partial charge is 0.217 e. The Labute approximate surface area is 94.6 Å². The number of thiophene rings is 1. The molecule has 1 amide bonds. The lowest BCUT2D eigenvalue weighted by molar-refractivity contribution is -0.125. The maximum atomic E-state index is 11.5. The first-order valence-electron chi connectivity index (χ1n) is 4.04. The summed E-state index contributed by atoms with van der Waals surface area (Å²) in [6.45, 7) is 1.40. The molecule has 1 heterocycles. The monoisotopic (exact) mass is 275 g/mol. The molecule has 76 valence electrons. The molecule has 0 aromatic carbocycles. The number of ketones is 1. The molecule has 1 N–H and O–H groups in total. The normalized spacial score (nSPS) is 12.1. The van der Waals surface area contributed by atoms with E-state index in [1.165, 1.54) is 18.3 Å². The highest BCUT2D eigenvalue weighted by Gasteiger charge is 2.20. The molecule has 1 rings (SSSR count). The lowest BCUT2D eigenvalue weighted by Crippen LogP contribution is -2.32. The van der Waals surface area contributed by atoms with Crippen molar-refractivity contribution >= 4 is 39.0 Å². The minimum absolute atomic E-state index is 0.0392. The minimum Gasteiger partial charge on any atom is -0.342 e. The van der Waals surface area contributed by atoms with Gasteiger partial charge in [-0.3, -0.25) is 9.59 Å². The predicted octanol–water partition coefficient (Wildman–Crippen LogP) is 1.89. The molecule has 0 aliphatic rings. The molecule has 5 heteroatoms. The molecule has 0 saturated heterocycles. The number of Topliss-reactive ketones (excluding diaryl/α,β-unsaturated/α-hetero) is 1. The molecule has 1 aromatic rings. The van der Waals surface area contributed by atoms with Crippen molar-refractivity contribution in [1.29, 1.82) is 0 Å². The summed E-state index contributed by atoms with van der Waals surface area (Å²) >= 11 is 4.56. The van der Waals surface area contributed by atoms with Crippen molar-refractivity contribution in [3.8, 4) is 0 Å². The van der Waals surface area contributed by atoms with Gasteiger partial charge in [0, 0.05) is 11.8 Å². The number of nitrogens with one attached hydrogen (secondary N) is 1. The number of amides is 1. The van der Waals surface area contributed by atoms with Crippen LogP contribution in [0.25, 0.3) is 0 Å². The van der Waals surface area contributed by atoms with Crippen molar-refractivity contribution in [1.82, 2.24) is 5.32 Å². The Morgan fingerprint density at radius 2 is 2.36 bits per heavy atom. The maximum Gasteiger partial charge on any atom is 0.217 e. The summed E-state index contributed by atoms with van der Waals surface area (Å²) < 4.78 is 0. The number of hydrogen-bond acceptors (Lipinski definition) is 3. The van der Waals surface area contributed by atoms with Crippen LogP contribution in [-0.4, -0.2) is 17.0 Å². The van der Waals surface area contributed by atoms with E-state index >= 15 is 0 Å². The summed E-state index contributed by atoms with van der Waals surface area (Å²) in [4.78, 5) is 23.3. The van der Waals surface area contributed by atoms with Gasteiger partial charge in [-0.2, -0.15) is 0 Å². The van der Waals surface area contributed by atoms with Crippen LogP contribution in [0.5, 0.6) is 0 Å². The molecule has 1 atom stereocenters. The summed E-state index contributed by atoms with van der Waals surface area (Å²) in [5.74, 6) is -0.236. The second kappa shape index (κ2) is 5.26. The molecule has 0 spiro atoms. The quantitative estimate of drug-likeness (QED) is 0.854. The third-order valence-electron chi connectivity index (χ3n) is 1.63. The Hall–Kier alpha value is -0.680. The van der Waals surface area contributed by atoms with E-state index in [0.29, 0.717) is 0 Å². The zero-order chi connectivity index (χ0) is 10.6. The van der Waals surface area contributed by atoms with Gasteiger partial charge in [-0.25, -0.2) is 0 Å². The van der Waals surface area contributed by atoms with E-state index < -0.39 is 6.04 Å². The van der Waals surface area contributed by atoms with E-state index in [0.717, 1.165) is 4.88 Å². The number of alkyl halides is 1. The zero-order valence-electron chi connectivity index (χ0n) is 7.62. The van der Waals surface area contributed by atoms with Crippen molar-refractivity contribution in [2.45, 2.75) is 13.0 Å². The highest BCUT2D eigenvalue weighted by atomic mass is 79.9. The van der Waals surface area contributed by atoms with Crippen LogP contribution >= 0.6 is 27.3 Å². The molecular formula is C9H10BrNO2S. The minimum atomic E-state index is -0.508. The van der Waals surface area contributed by atoms with Crippen molar-refractivity contribution in [3.05, 3.63) is 22.4 Å². The Bertz CT molecular complexity index is 324. The van der Waals surface area contributed by atoms with Gasteiger partial charge in [0.2, 0.25) is 5.91 Å². The number of halogens is 1. The zero-order valence-corrected chi connectivity index (χ0v) is 10.0. The second-order valence-electron chi connectivity index (χ2n) is 2.75. The Morgan fingerprint density at radius 1 is 1.64 bits per heavy atom. The van der Waals surface area contributed by atoms with Crippen molar-refractivity contribution < 1.29 is 9.59 Å². The number of rotatable bonds is 4. The molecule has 0 aliphatic carbocycles. The summed E-state index contributed by atoms with van der Waals surface area (Å²) in [6, 6.07) is 3.19. The highest BCUT2D eigenvalue weighted by molar-refractivity contribution is 9.09. The van der Waals surface area contributed by atoms with E-state index in [1.54, 1.807) is 0 Å². The van der Waals surface area contributed by atoms with E-state index in [9.17, 15) is 9.59 Å². The molecule has 0 bridgehead atoms. The van der Waals surface area contributed by atoms with Crippen LogP contribution in [0.3, 0.4) is 0 Å². The SMILES string of the molecule is CC(=O)NC(C(=O)CBr)c1cccs1. The third kappa shape index (κ3) is 2.92. The van der Waals surface area contributed by atoms with Crippen LogP contribution in [0.15, 0.2) is 17.5 Å². The van der Waals surface area contributed by atoms with Gasteiger partial charge in [0.1, 0.15) is 6.04 Å². The van der Waals surface area contributed by atoms with Crippen LogP contribution in [0.2, 0.25) is 0 Å². The van der Waals surface area contributed by atoms with Gasteiger partial charge in [0.15, 0.2) is 5.78 Å². The van der Waals surface area contributed by atoms with E-state index in [2.05, 4.69) is 21.2 Å². The molecule has 1 aromatic heterocycles. The van der Waals surface area contributed by atoms with Crippen LogP contribution in [-0.2, 0) is 9.59 Å². The fourth-order valence-corrected chi connectivity index (χ4v) is 2.17. The fourth-order valence-electron chi connectivity index (χ4n) is 1.05. The van der Waals surface area contributed by atoms with Gasteiger partial charge in [-0.1, -0.05) is 22.0 Å². The Balaban J connectivity index is 2.82. The van der Waals surface area contributed by atoms with Crippen molar-refractivity contribution in [3.63, 3.8) is 0 Å². The Kier molecular flexibility index (Phi) is 4.28. The highest BCUT2D eigenvalue weighted by Crippen LogP contribution is 2.20. The predicted molar refractivity (Wildman–Crippen MR) is 59.7 cm³/mol. The standard InChI is InChI=1S/C9H10BrNO2S/c1-6(12)11-9(7(13)5-10)8-3-2-4-14-8/h2-4,9H,5H2,1H3,(H,11,12). The maximum absolute atomic E-state index is 11.5.